The van der Waals surface area contributed by atoms with E-state index in [-0.39, 0.29) is 18.0 Å². The average Bonchev–Trinajstić information content (AvgIpc) is 3.05. The zero-order chi connectivity index (χ0) is 16.8. The van der Waals surface area contributed by atoms with E-state index in [0.29, 0.717) is 19.1 Å². The number of hydrogen-bond donors (Lipinski definition) is 2. The maximum absolute atomic E-state index is 13.1. The zero-order valence-electron chi connectivity index (χ0n) is 14.0. The lowest BCUT2D eigenvalue weighted by Gasteiger charge is -2.35. The number of ether oxygens (including phenoxy) is 1. The molecule has 2 aliphatic rings. The van der Waals surface area contributed by atoms with Crippen LogP contribution in [-0.2, 0) is 11.2 Å². The Kier molecular flexibility index (Phi) is 6.04. The Hall–Kier alpha value is -1.66. The minimum absolute atomic E-state index is 0.0809. The van der Waals surface area contributed by atoms with E-state index in [1.54, 1.807) is 6.07 Å². The number of nitrogens with zero attached hydrogens (tertiary/aromatic N) is 1. The van der Waals surface area contributed by atoms with Gasteiger partial charge in [0.1, 0.15) is 5.82 Å². The van der Waals surface area contributed by atoms with Crippen LogP contribution in [0.4, 0.5) is 9.18 Å². The van der Waals surface area contributed by atoms with Gasteiger partial charge in [0.05, 0.1) is 12.7 Å². The molecule has 0 aromatic heterocycles. The van der Waals surface area contributed by atoms with Crippen molar-refractivity contribution >= 4 is 6.03 Å². The molecule has 1 aromatic rings. The predicted molar refractivity (Wildman–Crippen MR) is 90.5 cm³/mol. The van der Waals surface area contributed by atoms with Gasteiger partial charge in [0.25, 0.3) is 0 Å². The highest BCUT2D eigenvalue weighted by atomic mass is 19.1. The number of carbonyl (C=O) groups is 1. The molecule has 132 valence electrons. The number of carbonyl (C=O) groups excluding carboxylic acids is 1. The molecule has 2 amide bonds. The molecule has 0 aliphatic carbocycles. The van der Waals surface area contributed by atoms with Crippen LogP contribution < -0.4 is 10.6 Å². The van der Waals surface area contributed by atoms with Crippen molar-refractivity contribution in [3.63, 3.8) is 0 Å². The van der Waals surface area contributed by atoms with Gasteiger partial charge >= 0.3 is 6.03 Å². The molecule has 6 heteroatoms. The molecule has 5 nitrogen and oxygen atoms in total. The summed E-state index contributed by atoms with van der Waals surface area (Å²) in [6.45, 7) is 3.95. The van der Waals surface area contributed by atoms with Crippen LogP contribution in [0.5, 0.6) is 0 Å². The number of fused-ring (bicyclic) bond motifs is 1. The van der Waals surface area contributed by atoms with Crippen LogP contribution in [0.15, 0.2) is 24.3 Å². The van der Waals surface area contributed by atoms with Gasteiger partial charge in [-0.05, 0) is 49.9 Å². The normalized spacial score (nSPS) is 23.7. The molecule has 2 atom stereocenters. The standard InChI is InChI=1S/C18H26FN3O2/c19-15-6-1-4-14(10-15)5-2-8-20-18(23)21-11-17-12-22-9-3-7-16(22)13-24-17/h1,4,6,10,16-17H,2-3,5,7-9,11-13H2,(H2,20,21,23)/t16-,17+/m1/s1. The average molecular weight is 335 g/mol. The van der Waals surface area contributed by atoms with Gasteiger partial charge in [0.15, 0.2) is 0 Å². The number of nitrogens with one attached hydrogen (secondary N) is 2. The summed E-state index contributed by atoms with van der Waals surface area (Å²) in [5.41, 5.74) is 0.952. The fourth-order valence-electron chi connectivity index (χ4n) is 3.47. The van der Waals surface area contributed by atoms with Gasteiger partial charge in [-0.3, -0.25) is 4.90 Å². The highest BCUT2D eigenvalue weighted by Gasteiger charge is 2.32. The number of halogens is 1. The molecule has 0 spiro atoms. The molecule has 2 aliphatic heterocycles. The van der Waals surface area contributed by atoms with Gasteiger partial charge in [-0.2, -0.15) is 0 Å². The van der Waals surface area contributed by atoms with Gasteiger partial charge < -0.3 is 15.4 Å². The maximum atomic E-state index is 13.1. The molecular weight excluding hydrogens is 309 g/mol. The van der Waals surface area contributed by atoms with E-state index < -0.39 is 0 Å². The minimum Gasteiger partial charge on any atom is -0.373 e. The lowest BCUT2D eigenvalue weighted by Crippen LogP contribution is -2.51. The van der Waals surface area contributed by atoms with E-state index in [0.717, 1.165) is 38.1 Å². The first kappa shape index (κ1) is 17.2. The molecule has 2 heterocycles. The van der Waals surface area contributed by atoms with Crippen LogP contribution in [0.1, 0.15) is 24.8 Å². The molecular formula is C18H26FN3O2. The van der Waals surface area contributed by atoms with Crippen molar-refractivity contribution < 1.29 is 13.9 Å². The van der Waals surface area contributed by atoms with Crippen molar-refractivity contribution in [3.8, 4) is 0 Å². The molecule has 0 saturated carbocycles. The summed E-state index contributed by atoms with van der Waals surface area (Å²) in [4.78, 5) is 14.3. The summed E-state index contributed by atoms with van der Waals surface area (Å²) in [7, 11) is 0. The highest BCUT2D eigenvalue weighted by Crippen LogP contribution is 2.22. The molecule has 3 rings (SSSR count). The first-order chi connectivity index (χ1) is 11.7. The van der Waals surface area contributed by atoms with E-state index in [9.17, 15) is 9.18 Å². The van der Waals surface area contributed by atoms with Crippen molar-refractivity contribution in [1.82, 2.24) is 15.5 Å². The fourth-order valence-corrected chi connectivity index (χ4v) is 3.47. The molecule has 0 unspecified atom stereocenters. The quantitative estimate of drug-likeness (QED) is 0.781. The first-order valence-electron chi connectivity index (χ1n) is 8.82. The Morgan fingerprint density at radius 2 is 2.29 bits per heavy atom. The number of benzene rings is 1. The fraction of sp³-hybridized carbons (Fsp3) is 0.611. The molecule has 2 fully saturated rings. The summed E-state index contributed by atoms with van der Waals surface area (Å²) in [6, 6.07) is 6.99. The number of urea groups is 1. The number of amides is 2. The number of hydrogen-bond acceptors (Lipinski definition) is 3. The number of morpholine rings is 1. The van der Waals surface area contributed by atoms with E-state index in [1.807, 2.05) is 6.07 Å². The molecule has 0 radical (unpaired) electrons. The monoisotopic (exact) mass is 335 g/mol. The highest BCUT2D eigenvalue weighted by molar-refractivity contribution is 5.73. The minimum atomic E-state index is -0.217. The summed E-state index contributed by atoms with van der Waals surface area (Å²) < 4.78 is 18.9. The second kappa shape index (κ2) is 8.44. The Morgan fingerprint density at radius 3 is 3.17 bits per heavy atom. The molecule has 0 bridgehead atoms. The Balaban J connectivity index is 1.27. The van der Waals surface area contributed by atoms with E-state index >= 15 is 0 Å². The van der Waals surface area contributed by atoms with Crippen molar-refractivity contribution in [3.05, 3.63) is 35.6 Å². The van der Waals surface area contributed by atoms with Crippen LogP contribution in [-0.4, -0.2) is 55.9 Å². The SMILES string of the molecule is O=C(NCCCc1cccc(F)c1)NC[C@H]1CN2CCC[C@@H]2CO1. The Morgan fingerprint density at radius 1 is 1.38 bits per heavy atom. The molecule has 2 N–H and O–H groups in total. The number of aryl methyl sites for hydroxylation is 1. The van der Waals surface area contributed by atoms with Gasteiger partial charge in [0.2, 0.25) is 0 Å². The third-order valence-corrected chi connectivity index (χ3v) is 4.77. The Bertz CT molecular complexity index is 555. The lowest BCUT2D eigenvalue weighted by molar-refractivity contribution is -0.0457. The van der Waals surface area contributed by atoms with Crippen LogP contribution >= 0.6 is 0 Å². The zero-order valence-corrected chi connectivity index (χ0v) is 14.0. The largest absolute Gasteiger partial charge is 0.373 e. The van der Waals surface area contributed by atoms with E-state index in [2.05, 4.69) is 15.5 Å². The maximum Gasteiger partial charge on any atom is 0.314 e. The van der Waals surface area contributed by atoms with Crippen LogP contribution in [0, 0.1) is 5.82 Å². The second-order valence-corrected chi connectivity index (χ2v) is 6.62. The van der Waals surface area contributed by atoms with Gasteiger partial charge in [-0.15, -0.1) is 0 Å². The summed E-state index contributed by atoms with van der Waals surface area (Å²) in [6.07, 6.45) is 4.09. The van der Waals surface area contributed by atoms with Gasteiger partial charge in [-0.1, -0.05) is 12.1 Å². The molecule has 1 aromatic carbocycles. The smallest absolute Gasteiger partial charge is 0.314 e. The summed E-state index contributed by atoms with van der Waals surface area (Å²) >= 11 is 0. The number of rotatable bonds is 6. The van der Waals surface area contributed by atoms with Crippen molar-refractivity contribution in [2.24, 2.45) is 0 Å². The van der Waals surface area contributed by atoms with Crippen molar-refractivity contribution in [1.29, 1.82) is 0 Å². The first-order valence-corrected chi connectivity index (χ1v) is 8.82. The molecule has 24 heavy (non-hydrogen) atoms. The van der Waals surface area contributed by atoms with Gasteiger partial charge in [-0.25, -0.2) is 9.18 Å². The summed E-state index contributed by atoms with van der Waals surface area (Å²) in [5, 5.41) is 5.72. The van der Waals surface area contributed by atoms with Crippen molar-refractivity contribution in [2.75, 3.05) is 32.8 Å². The van der Waals surface area contributed by atoms with Crippen LogP contribution in [0.25, 0.3) is 0 Å². The van der Waals surface area contributed by atoms with Crippen molar-refractivity contribution in [2.45, 2.75) is 37.8 Å². The third-order valence-electron chi connectivity index (χ3n) is 4.77. The summed E-state index contributed by atoms with van der Waals surface area (Å²) in [5.74, 6) is -0.217. The second-order valence-electron chi connectivity index (χ2n) is 6.62. The van der Waals surface area contributed by atoms with Gasteiger partial charge in [0, 0.05) is 25.7 Å². The predicted octanol–water partition coefficient (Wildman–Crippen LogP) is 1.92. The lowest BCUT2D eigenvalue weighted by atomic mass is 10.1. The molecule has 2 saturated heterocycles. The van der Waals surface area contributed by atoms with E-state index in [4.69, 9.17) is 4.74 Å². The van der Waals surface area contributed by atoms with Crippen LogP contribution in [0.2, 0.25) is 0 Å². The van der Waals surface area contributed by atoms with Crippen LogP contribution in [0.3, 0.4) is 0 Å². The third kappa shape index (κ3) is 4.92. The topological polar surface area (TPSA) is 53.6 Å². The van der Waals surface area contributed by atoms with E-state index in [1.165, 1.54) is 25.0 Å². The Labute approximate surface area is 142 Å².